The molecule has 1 unspecified atom stereocenters. The van der Waals surface area contributed by atoms with Crippen molar-refractivity contribution in [2.75, 3.05) is 31.6 Å². The van der Waals surface area contributed by atoms with Crippen molar-refractivity contribution in [2.24, 2.45) is 0 Å². The largest absolute Gasteiger partial charge is 0.497 e. The van der Waals surface area contributed by atoms with Crippen molar-refractivity contribution in [3.63, 3.8) is 0 Å². The van der Waals surface area contributed by atoms with Crippen molar-refractivity contribution >= 4 is 50.7 Å². The van der Waals surface area contributed by atoms with E-state index in [0.717, 1.165) is 9.87 Å². The summed E-state index contributed by atoms with van der Waals surface area (Å²) in [5, 5.41) is 3.49. The summed E-state index contributed by atoms with van der Waals surface area (Å²) in [7, 11) is -1.45. The summed E-state index contributed by atoms with van der Waals surface area (Å²) in [6.45, 7) is 5.05. The first-order chi connectivity index (χ1) is 20.0. The molecule has 0 radical (unpaired) electrons. The van der Waals surface area contributed by atoms with Gasteiger partial charge >= 0.3 is 0 Å². The molecule has 0 saturated heterocycles. The third-order valence-electron chi connectivity index (χ3n) is 6.64. The smallest absolute Gasteiger partial charge is 0.264 e. The van der Waals surface area contributed by atoms with Crippen LogP contribution in [0.2, 0.25) is 10.0 Å². The standard InChI is InChI=1S/C30H35Cl2N3O6S/c1-6-26(30(37)33-7-2)34(18-21-10-11-22(31)16-25(21)32)29(36)19-35(27-17-23(40-4)12-15-28(27)41-5)42(38,39)24-13-8-20(3)9-14-24/h8-17,26H,6-7,18-19H2,1-5H3,(H,33,37). The van der Waals surface area contributed by atoms with Gasteiger partial charge in [0.25, 0.3) is 10.0 Å². The van der Waals surface area contributed by atoms with E-state index in [-0.39, 0.29) is 35.2 Å². The van der Waals surface area contributed by atoms with Gasteiger partial charge in [-0.2, -0.15) is 0 Å². The number of likely N-dealkylation sites (N-methyl/N-ethyl adjacent to an activating group) is 1. The van der Waals surface area contributed by atoms with Crippen LogP contribution in [0.25, 0.3) is 0 Å². The fraction of sp³-hybridized carbons (Fsp3) is 0.333. The number of nitrogens with zero attached hydrogens (tertiary/aromatic N) is 2. The molecule has 0 aliphatic carbocycles. The molecule has 226 valence electrons. The van der Waals surface area contributed by atoms with Crippen LogP contribution in [-0.4, -0.2) is 58.5 Å². The minimum Gasteiger partial charge on any atom is -0.497 e. The molecule has 3 rings (SSSR count). The second-order valence-electron chi connectivity index (χ2n) is 9.44. The van der Waals surface area contributed by atoms with Crippen LogP contribution in [0.1, 0.15) is 31.4 Å². The molecule has 0 fully saturated rings. The Bertz CT molecular complexity index is 1520. The van der Waals surface area contributed by atoms with E-state index >= 15 is 0 Å². The zero-order valence-electron chi connectivity index (χ0n) is 24.2. The molecule has 0 heterocycles. The lowest BCUT2D eigenvalue weighted by molar-refractivity contribution is -0.140. The van der Waals surface area contributed by atoms with E-state index in [0.29, 0.717) is 27.9 Å². The number of ether oxygens (including phenoxy) is 2. The predicted octanol–water partition coefficient (Wildman–Crippen LogP) is 5.46. The average Bonchev–Trinajstić information content (AvgIpc) is 2.96. The third kappa shape index (κ3) is 7.67. The van der Waals surface area contributed by atoms with Gasteiger partial charge in [-0.15, -0.1) is 0 Å². The average molecular weight is 637 g/mol. The molecule has 1 atom stereocenters. The Labute approximate surface area is 257 Å². The number of methoxy groups -OCH3 is 2. The number of halogens is 2. The summed E-state index contributed by atoms with van der Waals surface area (Å²) in [6, 6.07) is 14.9. The van der Waals surface area contributed by atoms with Crippen LogP contribution in [0.5, 0.6) is 11.5 Å². The summed E-state index contributed by atoms with van der Waals surface area (Å²) in [5.41, 5.74) is 1.51. The molecule has 2 amide bonds. The lowest BCUT2D eigenvalue weighted by Crippen LogP contribution is -2.52. The summed E-state index contributed by atoms with van der Waals surface area (Å²) in [6.07, 6.45) is 0.274. The predicted molar refractivity (Wildman–Crippen MR) is 165 cm³/mol. The lowest BCUT2D eigenvalue weighted by Gasteiger charge is -2.33. The van der Waals surface area contributed by atoms with E-state index in [9.17, 15) is 18.0 Å². The van der Waals surface area contributed by atoms with Crippen LogP contribution in [0.15, 0.2) is 65.6 Å². The van der Waals surface area contributed by atoms with Crippen LogP contribution in [0, 0.1) is 6.92 Å². The first kappa shape index (κ1) is 33.0. The van der Waals surface area contributed by atoms with Crippen LogP contribution < -0.4 is 19.1 Å². The molecule has 0 aliphatic rings. The number of carbonyl (C=O) groups is 2. The fourth-order valence-electron chi connectivity index (χ4n) is 4.39. The van der Waals surface area contributed by atoms with Crippen LogP contribution >= 0.6 is 23.2 Å². The highest BCUT2D eigenvalue weighted by molar-refractivity contribution is 7.92. The number of benzene rings is 3. The molecule has 12 heteroatoms. The molecular formula is C30H35Cl2N3O6S. The molecule has 0 bridgehead atoms. The van der Waals surface area contributed by atoms with Gasteiger partial charge in [0.1, 0.15) is 24.1 Å². The van der Waals surface area contributed by atoms with Crippen molar-refractivity contribution < 1.29 is 27.5 Å². The minimum absolute atomic E-state index is 0.0196. The highest BCUT2D eigenvalue weighted by Crippen LogP contribution is 2.36. The zero-order valence-corrected chi connectivity index (χ0v) is 26.5. The van der Waals surface area contributed by atoms with E-state index < -0.39 is 28.5 Å². The maximum atomic E-state index is 14.2. The first-order valence-corrected chi connectivity index (χ1v) is 15.5. The maximum absolute atomic E-state index is 14.2. The molecule has 42 heavy (non-hydrogen) atoms. The number of hydrogen-bond donors (Lipinski definition) is 1. The summed E-state index contributed by atoms with van der Waals surface area (Å²) in [5.74, 6) is -0.423. The highest BCUT2D eigenvalue weighted by atomic mass is 35.5. The van der Waals surface area contributed by atoms with Gasteiger partial charge in [0.05, 0.1) is 24.8 Å². The Morgan fingerprint density at radius 1 is 0.952 bits per heavy atom. The van der Waals surface area contributed by atoms with Gasteiger partial charge in [0.15, 0.2) is 0 Å². The number of rotatable bonds is 13. The minimum atomic E-state index is -4.30. The number of aryl methyl sites for hydroxylation is 1. The second kappa shape index (κ2) is 14.6. The molecule has 1 N–H and O–H groups in total. The molecule has 9 nitrogen and oxygen atoms in total. The van der Waals surface area contributed by atoms with Crippen LogP contribution in [0.4, 0.5) is 5.69 Å². The second-order valence-corrected chi connectivity index (χ2v) is 12.1. The zero-order chi connectivity index (χ0) is 31.0. The maximum Gasteiger partial charge on any atom is 0.264 e. The monoisotopic (exact) mass is 635 g/mol. The Morgan fingerprint density at radius 3 is 2.21 bits per heavy atom. The van der Waals surface area contributed by atoms with Gasteiger partial charge in [-0.3, -0.25) is 13.9 Å². The molecule has 3 aromatic rings. The van der Waals surface area contributed by atoms with E-state index in [2.05, 4.69) is 5.32 Å². The Morgan fingerprint density at radius 2 is 1.64 bits per heavy atom. The van der Waals surface area contributed by atoms with Crippen LogP contribution in [-0.2, 0) is 26.2 Å². The molecular weight excluding hydrogens is 601 g/mol. The van der Waals surface area contributed by atoms with Crippen molar-refractivity contribution in [1.82, 2.24) is 10.2 Å². The molecule has 3 aromatic carbocycles. The van der Waals surface area contributed by atoms with Gasteiger partial charge in [0.2, 0.25) is 11.8 Å². The quantitative estimate of drug-likeness (QED) is 0.267. The van der Waals surface area contributed by atoms with Gasteiger partial charge < -0.3 is 19.7 Å². The summed E-state index contributed by atoms with van der Waals surface area (Å²) in [4.78, 5) is 28.6. The topological polar surface area (TPSA) is 105 Å². The SMILES string of the molecule is CCNC(=O)C(CC)N(Cc1ccc(Cl)cc1Cl)C(=O)CN(c1cc(OC)ccc1OC)S(=O)(=O)c1ccc(C)cc1. The van der Waals surface area contributed by atoms with Crippen LogP contribution in [0.3, 0.4) is 0 Å². The van der Waals surface area contributed by atoms with Gasteiger partial charge in [-0.05, 0) is 62.2 Å². The normalized spacial score (nSPS) is 11.9. The van der Waals surface area contributed by atoms with Crippen molar-refractivity contribution in [1.29, 1.82) is 0 Å². The number of carbonyl (C=O) groups excluding carboxylic acids is 2. The Hall–Kier alpha value is -3.47. The Balaban J connectivity index is 2.17. The van der Waals surface area contributed by atoms with Crippen molar-refractivity contribution in [2.45, 2.75) is 44.7 Å². The number of amides is 2. The third-order valence-corrected chi connectivity index (χ3v) is 9.00. The van der Waals surface area contributed by atoms with E-state index in [1.54, 1.807) is 56.3 Å². The van der Waals surface area contributed by atoms with Gasteiger partial charge in [0, 0.05) is 29.2 Å². The summed E-state index contributed by atoms with van der Waals surface area (Å²) >= 11 is 12.5. The highest BCUT2D eigenvalue weighted by Gasteiger charge is 2.35. The first-order valence-electron chi connectivity index (χ1n) is 13.3. The molecule has 0 aliphatic heterocycles. The van der Waals surface area contributed by atoms with E-state index in [1.807, 2.05) is 6.92 Å². The molecule has 0 aromatic heterocycles. The Kier molecular flexibility index (Phi) is 11.5. The number of hydrogen-bond acceptors (Lipinski definition) is 6. The fourth-order valence-corrected chi connectivity index (χ4v) is 6.27. The van der Waals surface area contributed by atoms with E-state index in [1.165, 1.54) is 37.3 Å². The van der Waals surface area contributed by atoms with Crippen molar-refractivity contribution in [3.05, 3.63) is 81.8 Å². The number of sulfonamides is 1. The lowest BCUT2D eigenvalue weighted by atomic mass is 10.1. The van der Waals surface area contributed by atoms with E-state index in [4.69, 9.17) is 32.7 Å². The molecule has 0 saturated carbocycles. The van der Waals surface area contributed by atoms with Gasteiger partial charge in [-0.1, -0.05) is 53.9 Å². The number of anilines is 1. The molecule has 0 spiro atoms. The van der Waals surface area contributed by atoms with Gasteiger partial charge in [-0.25, -0.2) is 8.42 Å². The van der Waals surface area contributed by atoms with Crippen molar-refractivity contribution in [3.8, 4) is 11.5 Å². The summed E-state index contributed by atoms with van der Waals surface area (Å²) < 4.78 is 40.1. The number of nitrogens with one attached hydrogen (secondary N) is 1.